The zero-order valence-corrected chi connectivity index (χ0v) is 18.5. The molecule has 0 aliphatic carbocycles. The second-order valence-corrected chi connectivity index (χ2v) is 7.82. The number of nitrogens with zero attached hydrogens (tertiary/aromatic N) is 4. The maximum Gasteiger partial charge on any atom is 0.235 e. The lowest BCUT2D eigenvalue weighted by Crippen LogP contribution is -2.00. The highest BCUT2D eigenvalue weighted by Crippen LogP contribution is 2.40. The Balaban J connectivity index is 0.00000240. The molecule has 2 aromatic heterocycles. The van der Waals surface area contributed by atoms with Gasteiger partial charge in [-0.3, -0.25) is 0 Å². The minimum atomic E-state index is 0. The van der Waals surface area contributed by atoms with E-state index in [0.29, 0.717) is 19.0 Å². The first-order valence-electron chi connectivity index (χ1n) is 9.08. The van der Waals surface area contributed by atoms with Crippen LogP contribution in [0.25, 0.3) is 15.5 Å². The van der Waals surface area contributed by atoms with Crippen LogP contribution in [0.5, 0.6) is 11.5 Å². The van der Waals surface area contributed by atoms with Gasteiger partial charge in [-0.2, -0.15) is 9.61 Å². The van der Waals surface area contributed by atoms with Crippen LogP contribution in [0.1, 0.15) is 19.7 Å². The van der Waals surface area contributed by atoms with Crippen molar-refractivity contribution in [2.75, 3.05) is 13.2 Å². The lowest BCUT2D eigenvalue weighted by Gasteiger charge is -2.13. The second kappa shape index (κ2) is 9.96. The average molecular weight is 449 g/mol. The van der Waals surface area contributed by atoms with Gasteiger partial charge < -0.3 is 9.47 Å². The van der Waals surface area contributed by atoms with Gasteiger partial charge in [-0.15, -0.1) is 34.4 Å². The van der Waals surface area contributed by atoms with Gasteiger partial charge >= 0.3 is 0 Å². The predicted octanol–water partition coefficient (Wildman–Crippen LogP) is 5.36. The van der Waals surface area contributed by atoms with Crippen molar-refractivity contribution in [1.82, 2.24) is 19.8 Å². The summed E-state index contributed by atoms with van der Waals surface area (Å²) in [4.78, 5) is 1.96. The summed E-state index contributed by atoms with van der Waals surface area (Å²) in [7, 11) is 0. The van der Waals surface area contributed by atoms with Gasteiger partial charge in [0.1, 0.15) is 0 Å². The Hall–Kier alpha value is -2.29. The third-order valence-electron chi connectivity index (χ3n) is 3.96. The van der Waals surface area contributed by atoms with Crippen molar-refractivity contribution in [1.29, 1.82) is 0 Å². The zero-order valence-electron chi connectivity index (χ0n) is 16.1. The number of ether oxygens (including phenoxy) is 2. The van der Waals surface area contributed by atoms with Gasteiger partial charge in [0.25, 0.3) is 0 Å². The molecule has 0 atom stereocenters. The molecule has 0 spiro atoms. The first kappa shape index (κ1) is 21.4. The van der Waals surface area contributed by atoms with Gasteiger partial charge in [0.05, 0.1) is 24.5 Å². The number of aromatic nitrogens is 4. The van der Waals surface area contributed by atoms with E-state index < -0.39 is 0 Å². The fraction of sp³-hybridized carbons (Fsp3) is 0.250. The maximum atomic E-state index is 5.88. The van der Waals surface area contributed by atoms with Crippen molar-refractivity contribution in [2.24, 2.45) is 0 Å². The Labute approximate surface area is 183 Å². The highest BCUT2D eigenvalue weighted by atomic mass is 35.5. The smallest absolute Gasteiger partial charge is 0.235 e. The molecular weight excluding hydrogens is 428 g/mol. The molecule has 0 amide bonds. The van der Waals surface area contributed by atoms with E-state index in [1.807, 2.05) is 54.8 Å². The van der Waals surface area contributed by atoms with Gasteiger partial charge in [0.15, 0.2) is 22.3 Å². The van der Waals surface area contributed by atoms with E-state index in [2.05, 4.69) is 22.3 Å². The van der Waals surface area contributed by atoms with Crippen LogP contribution in [0.4, 0.5) is 0 Å². The summed E-state index contributed by atoms with van der Waals surface area (Å²) in [5.41, 5.74) is 0.907. The standard InChI is InChI=1S/C20H20N4O2S2.ClH/c1-3-25-16-12-8-11-15(18(16)26-4-2)19-23-24-17(21-22-20(24)28-19)13-27-14-9-6-5-7-10-14;/h5-12H,3-4,13H2,1-2H3;1H. The Bertz CT molecular complexity index is 1070. The third-order valence-corrected chi connectivity index (χ3v) is 5.90. The van der Waals surface area contributed by atoms with Crippen molar-refractivity contribution >= 4 is 40.5 Å². The molecule has 4 aromatic rings. The second-order valence-electron chi connectivity index (χ2n) is 5.82. The summed E-state index contributed by atoms with van der Waals surface area (Å²) in [5.74, 6) is 2.97. The lowest BCUT2D eigenvalue weighted by atomic mass is 10.2. The van der Waals surface area contributed by atoms with Crippen LogP contribution in [-0.4, -0.2) is 33.0 Å². The number of rotatable bonds is 8. The van der Waals surface area contributed by atoms with Crippen molar-refractivity contribution in [2.45, 2.75) is 24.5 Å². The molecule has 0 unspecified atom stereocenters. The molecule has 0 fully saturated rings. The molecule has 0 aliphatic heterocycles. The quantitative estimate of drug-likeness (QED) is 0.338. The van der Waals surface area contributed by atoms with Gasteiger partial charge in [-0.1, -0.05) is 35.6 Å². The molecule has 4 rings (SSSR count). The number of halogens is 1. The maximum absolute atomic E-state index is 5.88. The molecule has 0 aliphatic rings. The molecule has 6 nitrogen and oxygen atoms in total. The minimum absolute atomic E-state index is 0. The van der Waals surface area contributed by atoms with E-state index in [1.165, 1.54) is 16.2 Å². The lowest BCUT2D eigenvalue weighted by molar-refractivity contribution is 0.289. The molecule has 2 aromatic carbocycles. The molecule has 0 radical (unpaired) electrons. The molecule has 0 N–H and O–H groups in total. The molecule has 0 saturated heterocycles. The summed E-state index contributed by atoms with van der Waals surface area (Å²) >= 11 is 3.21. The molecule has 152 valence electrons. The minimum Gasteiger partial charge on any atom is -0.490 e. The van der Waals surface area contributed by atoms with Crippen molar-refractivity contribution < 1.29 is 9.47 Å². The van der Waals surface area contributed by atoms with E-state index in [4.69, 9.17) is 14.6 Å². The Kier molecular flexibility index (Phi) is 7.35. The number of para-hydroxylation sites is 1. The highest BCUT2D eigenvalue weighted by Gasteiger charge is 2.19. The normalized spacial score (nSPS) is 10.7. The van der Waals surface area contributed by atoms with Crippen molar-refractivity contribution in [3.05, 3.63) is 54.4 Å². The number of benzene rings is 2. The van der Waals surface area contributed by atoms with Crippen molar-refractivity contribution in [3.8, 4) is 22.1 Å². The molecule has 29 heavy (non-hydrogen) atoms. The summed E-state index contributed by atoms with van der Waals surface area (Å²) < 4.78 is 13.4. The zero-order chi connectivity index (χ0) is 19.3. The fourth-order valence-corrected chi connectivity index (χ4v) is 4.47. The summed E-state index contributed by atoms with van der Waals surface area (Å²) in [6, 6.07) is 16.1. The number of hydrogen-bond acceptors (Lipinski definition) is 7. The molecule has 2 heterocycles. The van der Waals surface area contributed by atoms with Crippen molar-refractivity contribution in [3.63, 3.8) is 0 Å². The Morgan fingerprint density at radius 2 is 1.76 bits per heavy atom. The van der Waals surface area contributed by atoms with Gasteiger partial charge in [-0.05, 0) is 38.1 Å². The summed E-state index contributed by atoms with van der Waals surface area (Å²) in [6.07, 6.45) is 0. The SMILES string of the molecule is CCOc1cccc(-c2nn3c(CSc4ccccc4)nnc3s2)c1OCC.Cl. The average Bonchev–Trinajstić information content (AvgIpc) is 3.30. The van der Waals surface area contributed by atoms with Crippen LogP contribution in [0.15, 0.2) is 53.4 Å². The number of thioether (sulfide) groups is 1. The van der Waals surface area contributed by atoms with E-state index >= 15 is 0 Å². The van der Waals surface area contributed by atoms with Gasteiger partial charge in [-0.25, -0.2) is 0 Å². The van der Waals surface area contributed by atoms with E-state index in [9.17, 15) is 0 Å². The van der Waals surface area contributed by atoms with Crippen LogP contribution >= 0.6 is 35.5 Å². The Morgan fingerprint density at radius 1 is 0.966 bits per heavy atom. The third kappa shape index (κ3) is 4.66. The van der Waals surface area contributed by atoms with Crippen LogP contribution in [0.3, 0.4) is 0 Å². The van der Waals surface area contributed by atoms with E-state index in [-0.39, 0.29) is 12.4 Å². The van der Waals surface area contributed by atoms with E-state index in [1.54, 1.807) is 11.8 Å². The monoisotopic (exact) mass is 448 g/mol. The van der Waals surface area contributed by atoms with Gasteiger partial charge in [0.2, 0.25) is 4.96 Å². The van der Waals surface area contributed by atoms with Gasteiger partial charge in [0, 0.05) is 4.90 Å². The molecule has 9 heteroatoms. The molecule has 0 saturated carbocycles. The summed E-state index contributed by atoms with van der Waals surface area (Å²) in [6.45, 7) is 5.06. The molecule has 0 bridgehead atoms. The predicted molar refractivity (Wildman–Crippen MR) is 120 cm³/mol. The Morgan fingerprint density at radius 3 is 2.52 bits per heavy atom. The van der Waals surface area contributed by atoms with Crippen LogP contribution < -0.4 is 9.47 Å². The van der Waals surface area contributed by atoms with Crippen LogP contribution in [0, 0.1) is 0 Å². The number of fused-ring (bicyclic) bond motifs is 1. The topological polar surface area (TPSA) is 61.5 Å². The first-order valence-corrected chi connectivity index (χ1v) is 10.9. The van der Waals surface area contributed by atoms with E-state index in [0.717, 1.165) is 32.9 Å². The number of hydrogen-bond donors (Lipinski definition) is 0. The molecular formula is C20H21ClN4O2S2. The largest absolute Gasteiger partial charge is 0.490 e. The fourth-order valence-electron chi connectivity index (χ4n) is 2.77. The van der Waals surface area contributed by atoms with Crippen LogP contribution in [0.2, 0.25) is 0 Å². The summed E-state index contributed by atoms with van der Waals surface area (Å²) in [5, 5.41) is 14.2. The van der Waals surface area contributed by atoms with Crippen LogP contribution in [-0.2, 0) is 5.75 Å². The highest BCUT2D eigenvalue weighted by molar-refractivity contribution is 7.98. The first-order chi connectivity index (χ1) is 13.8.